The van der Waals surface area contributed by atoms with Crippen LogP contribution in [0.1, 0.15) is 30.4 Å². The molecule has 0 amide bonds. The molecule has 4 heteroatoms. The lowest BCUT2D eigenvalue weighted by atomic mass is 10.0. The molecule has 0 radical (unpaired) electrons. The van der Waals surface area contributed by atoms with Crippen LogP contribution in [0.25, 0.3) is 0 Å². The highest BCUT2D eigenvalue weighted by Gasteiger charge is 2.40. The number of allylic oxidation sites excluding steroid dienone is 3. The van der Waals surface area contributed by atoms with E-state index in [0.29, 0.717) is 18.4 Å². The van der Waals surface area contributed by atoms with Crippen LogP contribution in [0.2, 0.25) is 0 Å². The molecule has 0 aromatic heterocycles. The van der Waals surface area contributed by atoms with E-state index in [1.807, 2.05) is 32.5 Å². The first-order valence-electron chi connectivity index (χ1n) is 8.90. The maximum atomic E-state index is 13.7. The molecule has 0 bridgehead atoms. The van der Waals surface area contributed by atoms with Gasteiger partial charge in [0.05, 0.1) is 6.54 Å². The largest absolute Gasteiger partial charge is 0.376 e. The average Bonchev–Trinajstić information content (AvgIpc) is 3.38. The third-order valence-electron chi connectivity index (χ3n) is 4.71. The molecule has 2 rings (SSSR count). The summed E-state index contributed by atoms with van der Waals surface area (Å²) in [6, 6.07) is 5.54. The van der Waals surface area contributed by atoms with Crippen molar-refractivity contribution < 1.29 is 4.39 Å². The second-order valence-corrected chi connectivity index (χ2v) is 6.91. The first kappa shape index (κ1) is 19.8. The second kappa shape index (κ2) is 9.27. The van der Waals surface area contributed by atoms with E-state index >= 15 is 0 Å². The van der Waals surface area contributed by atoms with E-state index in [4.69, 9.17) is 0 Å². The number of hydrogen-bond acceptors (Lipinski definition) is 3. The summed E-state index contributed by atoms with van der Waals surface area (Å²) in [5, 5.41) is 0. The molecule has 1 aliphatic carbocycles. The van der Waals surface area contributed by atoms with Crippen molar-refractivity contribution in [2.24, 2.45) is 15.9 Å². The summed E-state index contributed by atoms with van der Waals surface area (Å²) in [7, 11) is 2.02. The van der Waals surface area contributed by atoms with Gasteiger partial charge in [0.2, 0.25) is 0 Å². The molecule has 3 atom stereocenters. The van der Waals surface area contributed by atoms with Crippen molar-refractivity contribution in [3.63, 3.8) is 0 Å². The summed E-state index contributed by atoms with van der Waals surface area (Å²) in [5.41, 5.74) is 3.07. The zero-order chi connectivity index (χ0) is 19.1. The van der Waals surface area contributed by atoms with Crippen molar-refractivity contribution in [2.75, 3.05) is 13.6 Å². The van der Waals surface area contributed by atoms with Gasteiger partial charge >= 0.3 is 0 Å². The molecule has 0 saturated heterocycles. The number of likely N-dealkylation sites (N-methyl/N-ethyl adjacent to an activating group) is 1. The molecular formula is C22H28FN3. The van der Waals surface area contributed by atoms with Crippen molar-refractivity contribution in [3.8, 4) is 0 Å². The molecule has 26 heavy (non-hydrogen) atoms. The van der Waals surface area contributed by atoms with Gasteiger partial charge in [0.25, 0.3) is 0 Å². The maximum Gasteiger partial charge on any atom is 0.123 e. The fourth-order valence-electron chi connectivity index (χ4n) is 3.02. The Hall–Kier alpha value is -2.49. The molecule has 1 aliphatic rings. The lowest BCUT2D eigenvalue weighted by molar-refractivity contribution is 0.359. The fraction of sp³-hybridized carbons (Fsp3) is 0.364. The predicted octanol–water partition coefficient (Wildman–Crippen LogP) is 4.91. The highest BCUT2D eigenvalue weighted by molar-refractivity contribution is 5.80. The van der Waals surface area contributed by atoms with E-state index in [0.717, 1.165) is 23.1 Å². The van der Waals surface area contributed by atoms with Gasteiger partial charge in [-0.1, -0.05) is 18.7 Å². The zero-order valence-corrected chi connectivity index (χ0v) is 15.9. The van der Waals surface area contributed by atoms with Gasteiger partial charge in [-0.2, -0.15) is 0 Å². The van der Waals surface area contributed by atoms with Gasteiger partial charge in [0.15, 0.2) is 0 Å². The fourth-order valence-corrected chi connectivity index (χ4v) is 3.02. The van der Waals surface area contributed by atoms with Gasteiger partial charge in [-0.3, -0.25) is 9.98 Å². The predicted molar refractivity (Wildman–Crippen MR) is 110 cm³/mol. The molecule has 3 nitrogen and oxygen atoms in total. The van der Waals surface area contributed by atoms with Crippen molar-refractivity contribution in [1.82, 2.24) is 4.90 Å². The van der Waals surface area contributed by atoms with E-state index in [-0.39, 0.29) is 11.9 Å². The average molecular weight is 353 g/mol. The van der Waals surface area contributed by atoms with Crippen LogP contribution < -0.4 is 0 Å². The van der Waals surface area contributed by atoms with Crippen LogP contribution in [0.15, 0.2) is 64.9 Å². The third-order valence-corrected chi connectivity index (χ3v) is 4.71. The Bertz CT molecular complexity index is 713. The number of aryl methyl sites for hydroxylation is 1. The minimum atomic E-state index is -0.170. The number of benzene rings is 1. The van der Waals surface area contributed by atoms with Gasteiger partial charge in [0, 0.05) is 25.5 Å². The van der Waals surface area contributed by atoms with E-state index < -0.39 is 0 Å². The van der Waals surface area contributed by atoms with E-state index in [1.165, 1.54) is 0 Å². The molecule has 0 N–H and O–H groups in total. The van der Waals surface area contributed by atoms with Crippen LogP contribution >= 0.6 is 0 Å². The highest BCUT2D eigenvalue weighted by atomic mass is 19.1. The quantitative estimate of drug-likeness (QED) is 0.458. The second-order valence-electron chi connectivity index (χ2n) is 6.91. The number of rotatable bonds is 9. The molecule has 1 aromatic rings. The molecule has 138 valence electrons. The number of nitrogens with zero attached hydrogens (tertiary/aromatic N) is 3. The normalized spacial score (nSPS) is 21.2. The molecule has 1 aromatic carbocycles. The Kier molecular flexibility index (Phi) is 7.07. The van der Waals surface area contributed by atoms with E-state index in [1.54, 1.807) is 24.4 Å². The standard InChI is InChI=1S/C22H28FN3/c1-6-7-8-26(5)17(3)13-25-15-19(14-24-4)22-12-21(22)18-9-16(2)10-20(23)11-18/h6-11,14-15,17,21-22H,1,4,12-13H2,2-3,5H3/b8-7-,19-14+,25-15?. The van der Waals surface area contributed by atoms with Gasteiger partial charge in [-0.05, 0) is 79.9 Å². The van der Waals surface area contributed by atoms with E-state index in [2.05, 4.69) is 41.2 Å². The minimum Gasteiger partial charge on any atom is -0.376 e. The van der Waals surface area contributed by atoms with Crippen LogP contribution in [-0.2, 0) is 0 Å². The number of hydrogen-bond donors (Lipinski definition) is 0. The summed E-state index contributed by atoms with van der Waals surface area (Å²) in [4.78, 5) is 10.6. The summed E-state index contributed by atoms with van der Waals surface area (Å²) in [6.45, 7) is 12.0. The minimum absolute atomic E-state index is 0.170. The summed E-state index contributed by atoms with van der Waals surface area (Å²) < 4.78 is 13.7. The SMILES string of the molecule is C=C/C=C\N(C)C(C)CN=C/C(=C\N=C)C1CC1c1cc(C)cc(F)c1. The molecular weight excluding hydrogens is 325 g/mol. The smallest absolute Gasteiger partial charge is 0.123 e. The summed E-state index contributed by atoms with van der Waals surface area (Å²) in [5.74, 6) is 0.495. The molecule has 0 aliphatic heterocycles. The van der Waals surface area contributed by atoms with Crippen LogP contribution in [-0.4, -0.2) is 37.5 Å². The third kappa shape index (κ3) is 5.51. The molecule has 0 heterocycles. The lowest BCUT2D eigenvalue weighted by Gasteiger charge is -2.21. The van der Waals surface area contributed by atoms with Crippen molar-refractivity contribution >= 4 is 12.9 Å². The molecule has 1 fully saturated rings. The van der Waals surface area contributed by atoms with Crippen molar-refractivity contribution in [1.29, 1.82) is 0 Å². The highest BCUT2D eigenvalue weighted by Crippen LogP contribution is 2.51. The van der Waals surface area contributed by atoms with Crippen LogP contribution in [0.5, 0.6) is 0 Å². The topological polar surface area (TPSA) is 28.0 Å². The molecule has 0 spiro atoms. The summed E-state index contributed by atoms with van der Waals surface area (Å²) in [6.07, 6.45) is 10.3. The Morgan fingerprint density at radius 1 is 1.42 bits per heavy atom. The van der Waals surface area contributed by atoms with Gasteiger partial charge in [0.1, 0.15) is 5.82 Å². The van der Waals surface area contributed by atoms with Crippen molar-refractivity contribution in [2.45, 2.75) is 32.2 Å². The Balaban J connectivity index is 2.00. The first-order valence-corrected chi connectivity index (χ1v) is 8.90. The Morgan fingerprint density at radius 2 is 2.19 bits per heavy atom. The van der Waals surface area contributed by atoms with Gasteiger partial charge in [-0.15, -0.1) is 0 Å². The van der Waals surface area contributed by atoms with E-state index in [9.17, 15) is 4.39 Å². The number of halogens is 1. The number of aliphatic imine (C=N–C) groups is 2. The van der Waals surface area contributed by atoms with Gasteiger partial charge < -0.3 is 4.90 Å². The van der Waals surface area contributed by atoms with Crippen LogP contribution in [0, 0.1) is 18.7 Å². The monoisotopic (exact) mass is 353 g/mol. The lowest BCUT2D eigenvalue weighted by Crippen LogP contribution is -2.26. The first-order chi connectivity index (χ1) is 12.5. The van der Waals surface area contributed by atoms with Crippen molar-refractivity contribution in [3.05, 3.63) is 71.8 Å². The summed E-state index contributed by atoms with van der Waals surface area (Å²) >= 11 is 0. The molecule has 1 saturated carbocycles. The molecule has 3 unspecified atom stereocenters. The van der Waals surface area contributed by atoms with Crippen LogP contribution in [0.4, 0.5) is 4.39 Å². The zero-order valence-electron chi connectivity index (χ0n) is 15.9. The van der Waals surface area contributed by atoms with Crippen LogP contribution in [0.3, 0.4) is 0 Å². The van der Waals surface area contributed by atoms with Gasteiger partial charge in [-0.25, -0.2) is 4.39 Å². The maximum absolute atomic E-state index is 13.7. The Labute approximate surface area is 156 Å². The Morgan fingerprint density at radius 3 is 2.85 bits per heavy atom.